The third kappa shape index (κ3) is 2.91. The standard InChI is InChI=1S/C21H21NO4/c1-14(2)13-22-17-10-6-5-9-16(17)21(25,20(22)24)12-18(23)15-8-4-7-11-19(15)26-3/h4-11,25H,1,12-13H2,2-3H3/t21-/m1/s1. The molecule has 1 aliphatic rings. The Balaban J connectivity index is 2.00. The van der Waals surface area contributed by atoms with Gasteiger partial charge in [0.2, 0.25) is 0 Å². The summed E-state index contributed by atoms with van der Waals surface area (Å²) in [5, 5.41) is 11.2. The molecule has 0 spiro atoms. The number of fused-ring (bicyclic) bond motifs is 1. The number of aliphatic hydroxyl groups is 1. The van der Waals surface area contributed by atoms with Gasteiger partial charge in [0.1, 0.15) is 5.75 Å². The Morgan fingerprint density at radius 3 is 2.54 bits per heavy atom. The van der Waals surface area contributed by atoms with Crippen LogP contribution in [-0.2, 0) is 10.4 Å². The van der Waals surface area contributed by atoms with Gasteiger partial charge in [-0.15, -0.1) is 0 Å². The fraction of sp³-hybridized carbons (Fsp3) is 0.238. The zero-order chi connectivity index (χ0) is 18.9. The summed E-state index contributed by atoms with van der Waals surface area (Å²) in [4.78, 5) is 27.3. The van der Waals surface area contributed by atoms with Crippen molar-refractivity contribution in [1.82, 2.24) is 0 Å². The van der Waals surface area contributed by atoms with Crippen LogP contribution in [-0.4, -0.2) is 30.5 Å². The average Bonchev–Trinajstić information content (AvgIpc) is 2.83. The molecule has 1 atom stereocenters. The number of hydrogen-bond donors (Lipinski definition) is 1. The summed E-state index contributed by atoms with van der Waals surface area (Å²) >= 11 is 0. The molecule has 1 N–H and O–H groups in total. The van der Waals surface area contributed by atoms with E-state index in [-0.39, 0.29) is 12.2 Å². The maximum atomic E-state index is 13.0. The minimum Gasteiger partial charge on any atom is -0.496 e. The highest BCUT2D eigenvalue weighted by Gasteiger charge is 2.50. The van der Waals surface area contributed by atoms with Gasteiger partial charge in [0.15, 0.2) is 11.4 Å². The van der Waals surface area contributed by atoms with Crippen LogP contribution in [0.1, 0.15) is 29.3 Å². The van der Waals surface area contributed by atoms with Crippen LogP contribution in [0.3, 0.4) is 0 Å². The largest absolute Gasteiger partial charge is 0.496 e. The van der Waals surface area contributed by atoms with Gasteiger partial charge in [-0.25, -0.2) is 0 Å². The molecule has 134 valence electrons. The number of anilines is 1. The summed E-state index contributed by atoms with van der Waals surface area (Å²) in [5.74, 6) is -0.450. The van der Waals surface area contributed by atoms with E-state index in [4.69, 9.17) is 4.74 Å². The summed E-state index contributed by atoms with van der Waals surface area (Å²) in [6, 6.07) is 13.8. The van der Waals surface area contributed by atoms with E-state index >= 15 is 0 Å². The molecule has 0 unspecified atom stereocenters. The summed E-state index contributed by atoms with van der Waals surface area (Å²) in [6.45, 7) is 5.95. The molecule has 0 fully saturated rings. The molecule has 1 aliphatic heterocycles. The number of rotatable bonds is 6. The van der Waals surface area contributed by atoms with E-state index < -0.39 is 11.5 Å². The Morgan fingerprint density at radius 1 is 1.19 bits per heavy atom. The molecule has 5 heteroatoms. The Kier molecular flexibility index (Phi) is 4.66. The summed E-state index contributed by atoms with van der Waals surface area (Å²) in [5.41, 5.74) is 0.273. The first-order valence-corrected chi connectivity index (χ1v) is 8.33. The second-order valence-corrected chi connectivity index (χ2v) is 6.53. The third-order valence-electron chi connectivity index (χ3n) is 4.49. The van der Waals surface area contributed by atoms with Gasteiger partial charge in [-0.05, 0) is 25.1 Å². The van der Waals surface area contributed by atoms with Crippen LogP contribution in [0.4, 0.5) is 5.69 Å². The predicted molar refractivity (Wildman–Crippen MR) is 99.4 cm³/mol. The minimum absolute atomic E-state index is 0.293. The first kappa shape index (κ1) is 17.9. The lowest BCUT2D eigenvalue weighted by atomic mass is 9.88. The number of amides is 1. The van der Waals surface area contributed by atoms with Gasteiger partial charge in [0, 0.05) is 12.1 Å². The second kappa shape index (κ2) is 6.77. The van der Waals surface area contributed by atoms with E-state index in [1.807, 2.05) is 6.92 Å². The zero-order valence-corrected chi connectivity index (χ0v) is 14.9. The highest BCUT2D eigenvalue weighted by atomic mass is 16.5. The Hall–Kier alpha value is -2.92. The van der Waals surface area contributed by atoms with Crippen molar-refractivity contribution < 1.29 is 19.4 Å². The Morgan fingerprint density at radius 2 is 1.85 bits per heavy atom. The van der Waals surface area contributed by atoms with Crippen molar-refractivity contribution in [2.75, 3.05) is 18.6 Å². The van der Waals surface area contributed by atoms with Crippen molar-refractivity contribution in [3.8, 4) is 5.75 Å². The molecule has 3 rings (SSSR count). The summed E-state index contributed by atoms with van der Waals surface area (Å²) in [6.07, 6.45) is -0.351. The second-order valence-electron chi connectivity index (χ2n) is 6.53. The summed E-state index contributed by atoms with van der Waals surface area (Å²) in [7, 11) is 1.48. The van der Waals surface area contributed by atoms with E-state index in [9.17, 15) is 14.7 Å². The van der Waals surface area contributed by atoms with Gasteiger partial charge in [-0.1, -0.05) is 42.5 Å². The van der Waals surface area contributed by atoms with Crippen LogP contribution in [0.15, 0.2) is 60.7 Å². The van der Waals surface area contributed by atoms with Crippen LogP contribution >= 0.6 is 0 Å². The van der Waals surface area contributed by atoms with Gasteiger partial charge in [0.25, 0.3) is 5.91 Å². The van der Waals surface area contributed by atoms with Crippen LogP contribution in [0, 0.1) is 0 Å². The molecule has 1 heterocycles. The molecule has 0 saturated carbocycles. The molecule has 0 radical (unpaired) electrons. The third-order valence-corrected chi connectivity index (χ3v) is 4.49. The number of Topliss-reactive ketones (excluding diaryl/α,β-unsaturated/α-hetero) is 1. The fourth-order valence-corrected chi connectivity index (χ4v) is 3.31. The minimum atomic E-state index is -1.90. The van der Waals surface area contributed by atoms with Crippen molar-refractivity contribution in [3.63, 3.8) is 0 Å². The van der Waals surface area contributed by atoms with E-state index in [2.05, 4.69) is 6.58 Å². The number of carbonyl (C=O) groups excluding carboxylic acids is 2. The number of methoxy groups -OCH3 is 1. The monoisotopic (exact) mass is 351 g/mol. The number of nitrogens with zero attached hydrogens (tertiary/aromatic N) is 1. The molecule has 5 nitrogen and oxygen atoms in total. The van der Waals surface area contributed by atoms with Crippen molar-refractivity contribution in [1.29, 1.82) is 0 Å². The number of ketones is 1. The van der Waals surface area contributed by atoms with E-state index in [1.165, 1.54) is 12.0 Å². The molecule has 0 aromatic heterocycles. The van der Waals surface area contributed by atoms with Crippen LogP contribution in [0.25, 0.3) is 0 Å². The van der Waals surface area contributed by atoms with Crippen molar-refractivity contribution >= 4 is 17.4 Å². The number of benzene rings is 2. The lowest BCUT2D eigenvalue weighted by molar-refractivity contribution is -0.135. The molecule has 2 aromatic rings. The van der Waals surface area contributed by atoms with Crippen LogP contribution in [0.5, 0.6) is 5.75 Å². The van der Waals surface area contributed by atoms with Gasteiger partial charge in [-0.3, -0.25) is 9.59 Å². The van der Waals surface area contributed by atoms with Crippen molar-refractivity contribution in [2.24, 2.45) is 0 Å². The maximum absolute atomic E-state index is 13.0. The van der Waals surface area contributed by atoms with Crippen molar-refractivity contribution in [3.05, 3.63) is 71.8 Å². The molecular weight excluding hydrogens is 330 g/mol. The highest BCUT2D eigenvalue weighted by Crippen LogP contribution is 2.43. The van der Waals surface area contributed by atoms with Gasteiger partial charge < -0.3 is 14.7 Å². The molecule has 0 bridgehead atoms. The lowest BCUT2D eigenvalue weighted by Crippen LogP contribution is -2.42. The molecule has 1 amide bonds. The Bertz CT molecular complexity index is 889. The van der Waals surface area contributed by atoms with Gasteiger partial charge in [0.05, 0.1) is 24.8 Å². The first-order valence-electron chi connectivity index (χ1n) is 8.33. The van der Waals surface area contributed by atoms with E-state index in [1.54, 1.807) is 48.5 Å². The average molecular weight is 351 g/mol. The maximum Gasteiger partial charge on any atom is 0.264 e. The highest BCUT2D eigenvalue weighted by molar-refractivity contribution is 6.11. The normalized spacial score (nSPS) is 18.6. The van der Waals surface area contributed by atoms with E-state index in [0.717, 1.165) is 5.57 Å². The predicted octanol–water partition coefficient (Wildman–Crippen LogP) is 3.08. The molecule has 26 heavy (non-hydrogen) atoms. The number of para-hydroxylation sites is 2. The van der Waals surface area contributed by atoms with Gasteiger partial charge in [-0.2, -0.15) is 0 Å². The Labute approximate surface area is 152 Å². The molecule has 2 aromatic carbocycles. The number of hydrogen-bond acceptors (Lipinski definition) is 4. The van der Waals surface area contributed by atoms with Crippen LogP contribution in [0.2, 0.25) is 0 Å². The van der Waals surface area contributed by atoms with E-state index in [0.29, 0.717) is 29.1 Å². The topological polar surface area (TPSA) is 66.8 Å². The quantitative estimate of drug-likeness (QED) is 0.642. The first-order chi connectivity index (χ1) is 12.4. The number of ether oxygens (including phenoxy) is 1. The SMILES string of the molecule is C=C(C)CN1C(=O)[C@@](O)(CC(=O)c2ccccc2OC)c2ccccc21. The summed E-state index contributed by atoms with van der Waals surface area (Å²) < 4.78 is 5.22. The van der Waals surface area contributed by atoms with Crippen LogP contribution < -0.4 is 9.64 Å². The molecular formula is C21H21NO4. The van der Waals surface area contributed by atoms with Crippen molar-refractivity contribution in [2.45, 2.75) is 18.9 Å². The zero-order valence-electron chi connectivity index (χ0n) is 14.9. The molecule has 0 aliphatic carbocycles. The molecule has 0 saturated heterocycles. The smallest absolute Gasteiger partial charge is 0.264 e. The van der Waals surface area contributed by atoms with Gasteiger partial charge >= 0.3 is 0 Å². The fourth-order valence-electron chi connectivity index (χ4n) is 3.31. The number of carbonyl (C=O) groups is 2. The lowest BCUT2D eigenvalue weighted by Gasteiger charge is -2.23.